The minimum Gasteiger partial charge on any atom is -0.462 e. The first-order valence-electron chi connectivity index (χ1n) is 8.92. The zero-order chi connectivity index (χ0) is 18.7. The summed E-state index contributed by atoms with van der Waals surface area (Å²) >= 11 is 7.62. The van der Waals surface area contributed by atoms with Gasteiger partial charge in [-0.05, 0) is 49.8 Å². The Bertz CT molecular complexity index is 830. The van der Waals surface area contributed by atoms with Crippen molar-refractivity contribution in [2.24, 2.45) is 5.92 Å². The van der Waals surface area contributed by atoms with Gasteiger partial charge in [-0.25, -0.2) is 4.79 Å². The Morgan fingerprint density at radius 1 is 1.31 bits per heavy atom. The molecule has 1 heterocycles. The summed E-state index contributed by atoms with van der Waals surface area (Å²) in [6, 6.07) is 6.88. The molecule has 4 nitrogen and oxygen atoms in total. The molecule has 0 spiro atoms. The maximum absolute atomic E-state index is 12.7. The molecule has 2 aromatic rings. The zero-order valence-corrected chi connectivity index (χ0v) is 16.5. The number of benzene rings is 1. The summed E-state index contributed by atoms with van der Waals surface area (Å²) in [5.41, 5.74) is 1.94. The molecule has 26 heavy (non-hydrogen) atoms. The third-order valence-corrected chi connectivity index (χ3v) is 6.27. The first-order chi connectivity index (χ1) is 12.5. The zero-order valence-electron chi connectivity index (χ0n) is 14.9. The van der Waals surface area contributed by atoms with E-state index in [1.54, 1.807) is 31.2 Å². The van der Waals surface area contributed by atoms with Crippen molar-refractivity contribution in [1.29, 1.82) is 0 Å². The summed E-state index contributed by atoms with van der Waals surface area (Å²) in [7, 11) is 0. The second-order valence-electron chi connectivity index (χ2n) is 6.38. The summed E-state index contributed by atoms with van der Waals surface area (Å²) in [5, 5.41) is 3.84. The van der Waals surface area contributed by atoms with E-state index in [1.165, 1.54) is 16.2 Å². The molecule has 1 unspecified atom stereocenters. The SMILES string of the molecule is CCOC(=O)c1c(NC(=O)c2ccccc2Cl)sc2c1CCC(CC)C2. The molecule has 0 aliphatic heterocycles. The molecule has 0 saturated carbocycles. The highest BCUT2D eigenvalue weighted by Crippen LogP contribution is 2.41. The molecule has 3 rings (SSSR count). The van der Waals surface area contributed by atoms with Crippen molar-refractivity contribution in [3.63, 3.8) is 0 Å². The molecule has 1 amide bonds. The highest BCUT2D eigenvalue weighted by molar-refractivity contribution is 7.17. The first kappa shape index (κ1) is 18.9. The van der Waals surface area contributed by atoms with E-state index in [2.05, 4.69) is 12.2 Å². The molecule has 1 aliphatic carbocycles. The standard InChI is InChI=1S/C20H22ClNO3S/c1-3-12-9-10-14-16(11-12)26-19(17(14)20(24)25-4-2)22-18(23)13-7-5-6-8-15(13)21/h5-8,12H,3-4,9-11H2,1-2H3,(H,22,23). The van der Waals surface area contributed by atoms with Crippen LogP contribution in [0.15, 0.2) is 24.3 Å². The highest BCUT2D eigenvalue weighted by Gasteiger charge is 2.30. The molecule has 1 aromatic carbocycles. The molecule has 138 valence electrons. The third kappa shape index (κ3) is 3.79. The predicted molar refractivity (Wildman–Crippen MR) is 105 cm³/mol. The van der Waals surface area contributed by atoms with E-state index in [1.807, 2.05) is 0 Å². The van der Waals surface area contributed by atoms with Crippen LogP contribution in [0.3, 0.4) is 0 Å². The average Bonchev–Trinajstić information content (AvgIpc) is 2.98. The molecule has 1 atom stereocenters. The van der Waals surface area contributed by atoms with E-state index in [9.17, 15) is 9.59 Å². The molecule has 0 saturated heterocycles. The van der Waals surface area contributed by atoms with Crippen LogP contribution >= 0.6 is 22.9 Å². The fourth-order valence-corrected chi connectivity index (χ4v) is 4.89. The topological polar surface area (TPSA) is 55.4 Å². The maximum Gasteiger partial charge on any atom is 0.341 e. The van der Waals surface area contributed by atoms with Crippen molar-refractivity contribution in [3.8, 4) is 0 Å². The molecule has 1 N–H and O–H groups in total. The third-order valence-electron chi connectivity index (χ3n) is 4.77. The Hall–Kier alpha value is -1.85. The van der Waals surface area contributed by atoms with Crippen molar-refractivity contribution in [2.45, 2.75) is 39.5 Å². The minimum absolute atomic E-state index is 0.305. The van der Waals surface area contributed by atoms with Crippen molar-refractivity contribution in [1.82, 2.24) is 0 Å². The van der Waals surface area contributed by atoms with Crippen LogP contribution in [0.1, 0.15) is 57.8 Å². The number of hydrogen-bond donors (Lipinski definition) is 1. The van der Waals surface area contributed by atoms with Crippen molar-refractivity contribution in [2.75, 3.05) is 11.9 Å². The summed E-state index contributed by atoms with van der Waals surface area (Å²) in [5.74, 6) is -0.0514. The highest BCUT2D eigenvalue weighted by atomic mass is 35.5. The quantitative estimate of drug-likeness (QED) is 0.699. The van der Waals surface area contributed by atoms with Gasteiger partial charge in [0.05, 0.1) is 22.8 Å². The van der Waals surface area contributed by atoms with Crippen LogP contribution in [-0.4, -0.2) is 18.5 Å². The summed E-state index contributed by atoms with van der Waals surface area (Å²) < 4.78 is 5.25. The molecular weight excluding hydrogens is 370 g/mol. The van der Waals surface area contributed by atoms with E-state index in [0.29, 0.717) is 33.7 Å². The number of carbonyl (C=O) groups is 2. The van der Waals surface area contributed by atoms with Gasteiger partial charge in [-0.3, -0.25) is 4.79 Å². The maximum atomic E-state index is 12.7. The van der Waals surface area contributed by atoms with Crippen molar-refractivity contribution < 1.29 is 14.3 Å². The van der Waals surface area contributed by atoms with Gasteiger partial charge in [0.15, 0.2) is 0 Å². The van der Waals surface area contributed by atoms with Crippen LogP contribution in [-0.2, 0) is 17.6 Å². The average molecular weight is 392 g/mol. The summed E-state index contributed by atoms with van der Waals surface area (Å²) in [4.78, 5) is 26.4. The number of fused-ring (bicyclic) bond motifs is 1. The number of carbonyl (C=O) groups excluding carboxylic acids is 2. The van der Waals surface area contributed by atoms with Crippen LogP contribution in [0.25, 0.3) is 0 Å². The molecular formula is C20H22ClNO3S. The van der Waals surface area contributed by atoms with Crippen LogP contribution in [0.5, 0.6) is 0 Å². The number of nitrogens with one attached hydrogen (secondary N) is 1. The lowest BCUT2D eigenvalue weighted by Crippen LogP contribution is -2.17. The van der Waals surface area contributed by atoms with Crippen LogP contribution in [0, 0.1) is 5.92 Å². The minimum atomic E-state index is -0.366. The van der Waals surface area contributed by atoms with Crippen LogP contribution in [0.2, 0.25) is 5.02 Å². The van der Waals surface area contributed by atoms with Gasteiger partial charge < -0.3 is 10.1 Å². The van der Waals surface area contributed by atoms with E-state index in [0.717, 1.165) is 31.2 Å². The van der Waals surface area contributed by atoms with Gasteiger partial charge in [0.25, 0.3) is 5.91 Å². The van der Waals surface area contributed by atoms with Crippen molar-refractivity contribution in [3.05, 3.63) is 50.9 Å². The van der Waals surface area contributed by atoms with Gasteiger partial charge in [-0.1, -0.05) is 37.1 Å². The smallest absolute Gasteiger partial charge is 0.341 e. The summed E-state index contributed by atoms with van der Waals surface area (Å²) in [6.07, 6.45) is 3.98. The predicted octanol–water partition coefficient (Wildman–Crippen LogP) is 5.35. The Morgan fingerprint density at radius 2 is 2.08 bits per heavy atom. The molecule has 0 radical (unpaired) electrons. The normalized spacial score (nSPS) is 16.0. The molecule has 0 bridgehead atoms. The summed E-state index contributed by atoms with van der Waals surface area (Å²) in [6.45, 7) is 4.28. The van der Waals surface area contributed by atoms with E-state index in [-0.39, 0.29) is 11.9 Å². The van der Waals surface area contributed by atoms with Gasteiger partial charge in [0.1, 0.15) is 5.00 Å². The van der Waals surface area contributed by atoms with Crippen LogP contribution in [0.4, 0.5) is 5.00 Å². The molecule has 6 heteroatoms. The Balaban J connectivity index is 1.95. The number of ether oxygens (including phenoxy) is 1. The fraction of sp³-hybridized carbons (Fsp3) is 0.400. The second kappa shape index (κ2) is 8.23. The van der Waals surface area contributed by atoms with Gasteiger partial charge in [-0.2, -0.15) is 0 Å². The van der Waals surface area contributed by atoms with E-state index < -0.39 is 0 Å². The number of anilines is 1. The van der Waals surface area contributed by atoms with Gasteiger partial charge in [-0.15, -0.1) is 11.3 Å². The van der Waals surface area contributed by atoms with Gasteiger partial charge in [0.2, 0.25) is 0 Å². The molecule has 0 fully saturated rings. The second-order valence-corrected chi connectivity index (χ2v) is 7.89. The molecule has 1 aromatic heterocycles. The van der Waals surface area contributed by atoms with E-state index in [4.69, 9.17) is 16.3 Å². The largest absolute Gasteiger partial charge is 0.462 e. The lowest BCUT2D eigenvalue weighted by atomic mass is 9.85. The molecule has 1 aliphatic rings. The number of rotatable bonds is 5. The Kier molecular flexibility index (Phi) is 5.99. The lowest BCUT2D eigenvalue weighted by Gasteiger charge is -2.20. The number of halogens is 1. The van der Waals surface area contributed by atoms with Gasteiger partial charge in [0, 0.05) is 4.88 Å². The number of hydrogen-bond acceptors (Lipinski definition) is 4. The number of amides is 1. The number of esters is 1. The first-order valence-corrected chi connectivity index (χ1v) is 10.1. The number of thiophene rings is 1. The Morgan fingerprint density at radius 3 is 2.77 bits per heavy atom. The fourth-order valence-electron chi connectivity index (χ4n) is 3.33. The monoisotopic (exact) mass is 391 g/mol. The van der Waals surface area contributed by atoms with Gasteiger partial charge >= 0.3 is 5.97 Å². The van der Waals surface area contributed by atoms with E-state index >= 15 is 0 Å². The van der Waals surface area contributed by atoms with Crippen LogP contribution < -0.4 is 5.32 Å². The lowest BCUT2D eigenvalue weighted by molar-refractivity contribution is 0.0526. The Labute approximate surface area is 162 Å². The van der Waals surface area contributed by atoms with Crippen molar-refractivity contribution >= 4 is 39.8 Å².